The van der Waals surface area contributed by atoms with Crippen molar-refractivity contribution in [2.45, 2.75) is 39.5 Å². The minimum atomic E-state index is 1.11. The second-order valence-corrected chi connectivity index (χ2v) is 5.31. The number of benzene rings is 2. The molecule has 104 valence electrons. The monoisotopic (exact) mass is 264 g/mol. The van der Waals surface area contributed by atoms with Gasteiger partial charge in [0.25, 0.3) is 0 Å². The Hall–Kier alpha value is -1.82. The first-order valence-electron chi connectivity index (χ1n) is 7.61. The van der Waals surface area contributed by atoms with Crippen LogP contribution in [0.1, 0.15) is 42.5 Å². The van der Waals surface area contributed by atoms with Crippen molar-refractivity contribution in [1.29, 1.82) is 0 Å². The Balaban J connectivity index is 1.91. The summed E-state index contributed by atoms with van der Waals surface area (Å²) in [5.41, 5.74) is 5.57. The third-order valence-electron chi connectivity index (χ3n) is 3.60. The van der Waals surface area contributed by atoms with E-state index in [-0.39, 0.29) is 0 Å². The van der Waals surface area contributed by atoms with E-state index in [9.17, 15) is 0 Å². The van der Waals surface area contributed by atoms with Crippen molar-refractivity contribution in [3.05, 3.63) is 76.9 Å². The van der Waals surface area contributed by atoms with Gasteiger partial charge in [0.2, 0.25) is 0 Å². The van der Waals surface area contributed by atoms with Crippen LogP contribution in [-0.4, -0.2) is 0 Å². The van der Waals surface area contributed by atoms with Gasteiger partial charge in [-0.1, -0.05) is 74.0 Å². The Morgan fingerprint density at radius 1 is 0.700 bits per heavy atom. The van der Waals surface area contributed by atoms with Crippen LogP contribution in [0, 0.1) is 0 Å². The summed E-state index contributed by atoms with van der Waals surface area (Å²) < 4.78 is 0. The van der Waals surface area contributed by atoms with Crippen LogP contribution < -0.4 is 0 Å². The van der Waals surface area contributed by atoms with E-state index in [1.165, 1.54) is 35.1 Å². The molecule has 0 aromatic heterocycles. The summed E-state index contributed by atoms with van der Waals surface area (Å²) >= 11 is 0. The van der Waals surface area contributed by atoms with Gasteiger partial charge >= 0.3 is 0 Å². The first-order chi connectivity index (χ1) is 9.81. The van der Waals surface area contributed by atoms with Gasteiger partial charge < -0.3 is 0 Å². The van der Waals surface area contributed by atoms with E-state index in [0.717, 1.165) is 12.8 Å². The summed E-state index contributed by atoms with van der Waals surface area (Å²) in [6.45, 7) is 4.28. The van der Waals surface area contributed by atoms with Gasteiger partial charge in [-0.25, -0.2) is 0 Å². The minimum absolute atomic E-state index is 1.11. The van der Waals surface area contributed by atoms with Gasteiger partial charge in [-0.15, -0.1) is 0 Å². The van der Waals surface area contributed by atoms with E-state index >= 15 is 0 Å². The predicted molar refractivity (Wildman–Crippen MR) is 89.0 cm³/mol. The molecule has 0 nitrogen and oxygen atoms in total. The Bertz CT molecular complexity index is 529. The maximum absolute atomic E-state index is 2.28. The van der Waals surface area contributed by atoms with Crippen molar-refractivity contribution < 1.29 is 0 Å². The van der Waals surface area contributed by atoms with Crippen LogP contribution in [0.15, 0.2) is 54.6 Å². The minimum Gasteiger partial charge on any atom is -0.0871 e. The third kappa shape index (κ3) is 4.38. The summed E-state index contributed by atoms with van der Waals surface area (Å²) in [5, 5.41) is 0. The molecule has 0 fully saturated rings. The Labute approximate surface area is 123 Å². The van der Waals surface area contributed by atoms with Crippen LogP contribution in [0.2, 0.25) is 0 Å². The van der Waals surface area contributed by atoms with Crippen molar-refractivity contribution >= 4 is 6.08 Å². The Morgan fingerprint density at radius 3 is 1.60 bits per heavy atom. The van der Waals surface area contributed by atoms with Crippen LogP contribution in [0.3, 0.4) is 0 Å². The maximum Gasteiger partial charge on any atom is -0.0238 e. The normalized spacial score (nSPS) is 11.1. The molecule has 2 rings (SSSR count). The molecule has 0 saturated heterocycles. The van der Waals surface area contributed by atoms with Gasteiger partial charge in [-0.2, -0.15) is 0 Å². The predicted octanol–water partition coefficient (Wildman–Crippen LogP) is 5.46. The highest BCUT2D eigenvalue weighted by Crippen LogP contribution is 2.12. The van der Waals surface area contributed by atoms with E-state index in [2.05, 4.69) is 74.5 Å². The molecule has 0 spiro atoms. The average molecular weight is 264 g/mol. The molecule has 0 aliphatic carbocycles. The molecular formula is C20H24. The van der Waals surface area contributed by atoms with Gasteiger partial charge in [0.05, 0.1) is 0 Å². The van der Waals surface area contributed by atoms with E-state index in [1.807, 2.05) is 0 Å². The summed E-state index contributed by atoms with van der Waals surface area (Å²) in [7, 11) is 0. The molecule has 2 aromatic carbocycles. The molecule has 0 heteroatoms. The molecule has 0 atom stereocenters. The average Bonchev–Trinajstić information content (AvgIpc) is 2.49. The number of hydrogen-bond acceptors (Lipinski definition) is 0. The second kappa shape index (κ2) is 7.69. The molecule has 0 heterocycles. The molecule has 0 N–H and O–H groups in total. The van der Waals surface area contributed by atoms with E-state index < -0.39 is 0 Å². The summed E-state index contributed by atoms with van der Waals surface area (Å²) in [6, 6.07) is 18.0. The Kier molecular flexibility index (Phi) is 5.61. The van der Waals surface area contributed by atoms with Gasteiger partial charge in [-0.3, -0.25) is 0 Å². The zero-order valence-electron chi connectivity index (χ0n) is 12.6. The summed E-state index contributed by atoms with van der Waals surface area (Å²) in [6.07, 6.45) is 8.85. The lowest BCUT2D eigenvalue weighted by Gasteiger charge is -2.05. The first kappa shape index (κ1) is 14.6. The van der Waals surface area contributed by atoms with Gasteiger partial charge in [0.1, 0.15) is 0 Å². The molecular weight excluding hydrogens is 240 g/mol. The lowest BCUT2D eigenvalue weighted by Crippen LogP contribution is -1.92. The quantitative estimate of drug-likeness (QED) is 0.650. The zero-order chi connectivity index (χ0) is 14.2. The molecule has 0 aliphatic rings. The van der Waals surface area contributed by atoms with Gasteiger partial charge in [0.15, 0.2) is 0 Å². The first-order valence-corrected chi connectivity index (χ1v) is 7.61. The van der Waals surface area contributed by atoms with Crippen LogP contribution in [0.25, 0.3) is 6.08 Å². The molecule has 2 aromatic rings. The highest BCUT2D eigenvalue weighted by molar-refractivity contribution is 5.49. The van der Waals surface area contributed by atoms with Crippen molar-refractivity contribution in [2.24, 2.45) is 0 Å². The standard InChI is InChI=1S/C20H24/c1-3-5-17-7-11-19(12-8-17)15-16-20-13-9-18(6-4-2)10-14-20/h3,5,7-14H,4,6,15-16H2,1-2H3/b5-3+. The number of rotatable bonds is 6. The summed E-state index contributed by atoms with van der Waals surface area (Å²) in [5.74, 6) is 0. The van der Waals surface area contributed by atoms with Crippen LogP contribution >= 0.6 is 0 Å². The SMILES string of the molecule is C/C=C/c1ccc(CCc2ccc(CCC)cc2)cc1. The van der Waals surface area contributed by atoms with Crippen molar-refractivity contribution in [3.63, 3.8) is 0 Å². The van der Waals surface area contributed by atoms with Gasteiger partial charge in [0, 0.05) is 0 Å². The van der Waals surface area contributed by atoms with Crippen LogP contribution in [0.5, 0.6) is 0 Å². The van der Waals surface area contributed by atoms with E-state index in [1.54, 1.807) is 0 Å². The largest absolute Gasteiger partial charge is 0.0871 e. The lowest BCUT2D eigenvalue weighted by atomic mass is 10.0. The molecule has 20 heavy (non-hydrogen) atoms. The molecule has 0 aliphatic heterocycles. The third-order valence-corrected chi connectivity index (χ3v) is 3.60. The topological polar surface area (TPSA) is 0 Å². The van der Waals surface area contributed by atoms with Crippen LogP contribution in [-0.2, 0) is 19.3 Å². The van der Waals surface area contributed by atoms with E-state index in [0.29, 0.717) is 0 Å². The second-order valence-electron chi connectivity index (χ2n) is 5.31. The summed E-state index contributed by atoms with van der Waals surface area (Å²) in [4.78, 5) is 0. The van der Waals surface area contributed by atoms with Crippen molar-refractivity contribution in [3.8, 4) is 0 Å². The fourth-order valence-electron chi connectivity index (χ4n) is 2.44. The molecule has 0 bridgehead atoms. The highest BCUT2D eigenvalue weighted by Gasteiger charge is 1.97. The smallest absolute Gasteiger partial charge is 0.0238 e. The molecule has 0 amide bonds. The van der Waals surface area contributed by atoms with Gasteiger partial charge in [-0.05, 0) is 48.4 Å². The zero-order valence-corrected chi connectivity index (χ0v) is 12.6. The van der Waals surface area contributed by atoms with E-state index in [4.69, 9.17) is 0 Å². The fourth-order valence-corrected chi connectivity index (χ4v) is 2.44. The Morgan fingerprint density at radius 2 is 1.15 bits per heavy atom. The number of hydrogen-bond donors (Lipinski definition) is 0. The molecule has 0 saturated carbocycles. The maximum atomic E-state index is 2.28. The van der Waals surface area contributed by atoms with Crippen LogP contribution in [0.4, 0.5) is 0 Å². The molecule has 0 unspecified atom stereocenters. The molecule has 0 radical (unpaired) electrons. The highest BCUT2D eigenvalue weighted by atomic mass is 14.0. The number of allylic oxidation sites excluding steroid dienone is 1. The fraction of sp³-hybridized carbons (Fsp3) is 0.300. The van der Waals surface area contributed by atoms with Crippen molar-refractivity contribution in [1.82, 2.24) is 0 Å². The van der Waals surface area contributed by atoms with Crippen molar-refractivity contribution in [2.75, 3.05) is 0 Å². The number of aryl methyl sites for hydroxylation is 3. The lowest BCUT2D eigenvalue weighted by molar-refractivity contribution is 0.914.